The van der Waals surface area contributed by atoms with Crippen LogP contribution in [0.4, 0.5) is 4.39 Å². The molecule has 0 spiro atoms. The average Bonchev–Trinajstić information content (AvgIpc) is 1.98. The quantitative estimate of drug-likeness (QED) is 0.615. The fourth-order valence-electron chi connectivity index (χ4n) is 1.58. The van der Waals surface area contributed by atoms with Gasteiger partial charge in [0.2, 0.25) is 0 Å². The Hall–Kier alpha value is -0.150. The van der Waals surface area contributed by atoms with Crippen molar-refractivity contribution in [1.82, 2.24) is 4.90 Å². The molecule has 2 atom stereocenters. The van der Waals surface area contributed by atoms with Crippen LogP contribution in [0.5, 0.6) is 0 Å². The normalized spacial score (nSPS) is 40.9. The SMILES string of the molecule is CC[C@@]1(F)CN(C)CC[C@H]1O. The first-order chi connectivity index (χ1) is 5.08. The third-order valence-corrected chi connectivity index (χ3v) is 2.50. The minimum Gasteiger partial charge on any atom is -0.390 e. The Bertz CT molecular complexity index is 142. The number of hydrogen-bond donors (Lipinski definition) is 1. The molecule has 66 valence electrons. The lowest BCUT2D eigenvalue weighted by Gasteiger charge is -2.38. The van der Waals surface area contributed by atoms with Crippen LogP contribution in [0.1, 0.15) is 19.8 Å². The molecule has 0 aromatic heterocycles. The highest BCUT2D eigenvalue weighted by molar-refractivity contribution is 4.92. The molecule has 0 unspecified atom stereocenters. The fraction of sp³-hybridized carbons (Fsp3) is 1.00. The molecule has 0 bridgehead atoms. The van der Waals surface area contributed by atoms with Gasteiger partial charge < -0.3 is 10.0 Å². The first-order valence-corrected chi connectivity index (χ1v) is 4.14. The minimum atomic E-state index is -1.37. The monoisotopic (exact) mass is 161 g/mol. The molecule has 2 nitrogen and oxygen atoms in total. The lowest BCUT2D eigenvalue weighted by Crippen LogP contribution is -2.52. The Morgan fingerprint density at radius 3 is 2.82 bits per heavy atom. The summed E-state index contributed by atoms with van der Waals surface area (Å²) >= 11 is 0. The van der Waals surface area contributed by atoms with Crippen LogP contribution in [0.15, 0.2) is 0 Å². The number of halogens is 1. The molecule has 0 saturated carbocycles. The predicted molar refractivity (Wildman–Crippen MR) is 42.3 cm³/mol. The molecular weight excluding hydrogens is 145 g/mol. The molecule has 1 fully saturated rings. The van der Waals surface area contributed by atoms with Crippen molar-refractivity contribution in [3.05, 3.63) is 0 Å². The van der Waals surface area contributed by atoms with Crippen molar-refractivity contribution in [2.75, 3.05) is 20.1 Å². The number of alkyl halides is 1. The van der Waals surface area contributed by atoms with Gasteiger partial charge in [0.25, 0.3) is 0 Å². The first kappa shape index (κ1) is 8.94. The van der Waals surface area contributed by atoms with E-state index in [9.17, 15) is 9.50 Å². The molecule has 11 heavy (non-hydrogen) atoms. The largest absolute Gasteiger partial charge is 0.390 e. The third kappa shape index (κ3) is 1.71. The van der Waals surface area contributed by atoms with Crippen molar-refractivity contribution < 1.29 is 9.50 Å². The number of piperidine rings is 1. The lowest BCUT2D eigenvalue weighted by atomic mass is 9.89. The highest BCUT2D eigenvalue weighted by atomic mass is 19.1. The average molecular weight is 161 g/mol. The predicted octanol–water partition coefficient (Wildman–Crippen LogP) is 0.801. The summed E-state index contributed by atoms with van der Waals surface area (Å²) < 4.78 is 13.7. The smallest absolute Gasteiger partial charge is 0.149 e. The highest BCUT2D eigenvalue weighted by Crippen LogP contribution is 2.27. The first-order valence-electron chi connectivity index (χ1n) is 4.14. The third-order valence-electron chi connectivity index (χ3n) is 2.50. The van der Waals surface area contributed by atoms with Crippen LogP contribution in [0.3, 0.4) is 0 Å². The summed E-state index contributed by atoms with van der Waals surface area (Å²) in [4.78, 5) is 1.93. The van der Waals surface area contributed by atoms with Crippen LogP contribution in [0.25, 0.3) is 0 Å². The highest BCUT2D eigenvalue weighted by Gasteiger charge is 2.40. The van der Waals surface area contributed by atoms with Crippen LogP contribution in [0, 0.1) is 0 Å². The van der Waals surface area contributed by atoms with E-state index in [1.165, 1.54) is 0 Å². The Labute approximate surface area is 67.0 Å². The van der Waals surface area contributed by atoms with E-state index in [1.54, 1.807) is 6.92 Å². The topological polar surface area (TPSA) is 23.5 Å². The van der Waals surface area contributed by atoms with E-state index in [4.69, 9.17) is 0 Å². The van der Waals surface area contributed by atoms with E-state index in [0.717, 1.165) is 6.54 Å². The van der Waals surface area contributed by atoms with Crippen LogP contribution < -0.4 is 0 Å². The summed E-state index contributed by atoms with van der Waals surface area (Å²) in [5.74, 6) is 0. The van der Waals surface area contributed by atoms with Crippen LogP contribution in [-0.2, 0) is 0 Å². The van der Waals surface area contributed by atoms with E-state index in [1.807, 2.05) is 11.9 Å². The Morgan fingerprint density at radius 2 is 2.36 bits per heavy atom. The zero-order valence-corrected chi connectivity index (χ0v) is 7.18. The summed E-state index contributed by atoms with van der Waals surface area (Å²) in [6.07, 6.45) is 0.197. The van der Waals surface area contributed by atoms with Crippen LogP contribution in [-0.4, -0.2) is 41.9 Å². The second-order valence-electron chi connectivity index (χ2n) is 3.43. The summed E-state index contributed by atoms with van der Waals surface area (Å²) in [6, 6.07) is 0. The fourth-order valence-corrected chi connectivity index (χ4v) is 1.58. The number of rotatable bonds is 1. The van der Waals surface area contributed by atoms with Gasteiger partial charge >= 0.3 is 0 Å². The van der Waals surface area contributed by atoms with Crippen molar-refractivity contribution in [1.29, 1.82) is 0 Å². The summed E-state index contributed by atoms with van der Waals surface area (Å²) in [6.45, 7) is 2.94. The number of aliphatic hydroxyl groups excluding tert-OH is 1. The zero-order valence-electron chi connectivity index (χ0n) is 7.18. The molecule has 0 radical (unpaired) electrons. The maximum atomic E-state index is 13.7. The molecule has 1 aliphatic heterocycles. The van der Waals surface area contributed by atoms with Crippen LogP contribution >= 0.6 is 0 Å². The maximum absolute atomic E-state index is 13.7. The molecule has 1 N–H and O–H groups in total. The summed E-state index contributed by atoms with van der Waals surface area (Å²) in [7, 11) is 1.88. The van der Waals surface area contributed by atoms with E-state index in [0.29, 0.717) is 19.4 Å². The van der Waals surface area contributed by atoms with Crippen molar-refractivity contribution in [2.45, 2.75) is 31.5 Å². The van der Waals surface area contributed by atoms with Gasteiger partial charge in [-0.2, -0.15) is 0 Å². The molecular formula is C8H16FNO. The van der Waals surface area contributed by atoms with Gasteiger partial charge in [-0.05, 0) is 19.9 Å². The molecule has 1 rings (SSSR count). The lowest BCUT2D eigenvalue weighted by molar-refractivity contribution is -0.0642. The summed E-state index contributed by atoms with van der Waals surface area (Å²) in [5, 5.41) is 9.34. The zero-order chi connectivity index (χ0) is 8.48. The van der Waals surface area contributed by atoms with E-state index < -0.39 is 11.8 Å². The van der Waals surface area contributed by atoms with E-state index in [-0.39, 0.29) is 0 Å². The minimum absolute atomic E-state index is 0.366. The Kier molecular flexibility index (Phi) is 2.50. The standard InChI is InChI=1S/C8H16FNO/c1-3-8(9)6-10(2)5-4-7(8)11/h7,11H,3-6H2,1-2H3/t7-,8-/m1/s1. The van der Waals surface area contributed by atoms with Gasteiger partial charge in [0, 0.05) is 13.1 Å². The van der Waals surface area contributed by atoms with Crippen molar-refractivity contribution in [3.8, 4) is 0 Å². The molecule has 0 aromatic rings. The molecule has 1 saturated heterocycles. The van der Waals surface area contributed by atoms with Gasteiger partial charge in [0.1, 0.15) is 5.67 Å². The van der Waals surface area contributed by atoms with Gasteiger partial charge in [0.15, 0.2) is 0 Å². The number of hydrogen-bond acceptors (Lipinski definition) is 2. The second kappa shape index (κ2) is 3.07. The van der Waals surface area contributed by atoms with Gasteiger partial charge in [-0.1, -0.05) is 6.92 Å². The van der Waals surface area contributed by atoms with Crippen LogP contribution in [0.2, 0.25) is 0 Å². The molecule has 1 heterocycles. The summed E-state index contributed by atoms with van der Waals surface area (Å²) in [5.41, 5.74) is -1.37. The molecule has 1 aliphatic rings. The Morgan fingerprint density at radius 1 is 1.73 bits per heavy atom. The van der Waals surface area contributed by atoms with Gasteiger partial charge in [-0.25, -0.2) is 4.39 Å². The maximum Gasteiger partial charge on any atom is 0.149 e. The van der Waals surface area contributed by atoms with Gasteiger partial charge in [-0.3, -0.25) is 0 Å². The number of aliphatic hydroxyl groups is 1. The molecule has 0 aromatic carbocycles. The van der Waals surface area contributed by atoms with Crippen molar-refractivity contribution >= 4 is 0 Å². The Balaban J connectivity index is 2.60. The van der Waals surface area contributed by atoms with Crippen molar-refractivity contribution in [2.24, 2.45) is 0 Å². The van der Waals surface area contributed by atoms with Crippen molar-refractivity contribution in [3.63, 3.8) is 0 Å². The van der Waals surface area contributed by atoms with E-state index >= 15 is 0 Å². The second-order valence-corrected chi connectivity index (χ2v) is 3.43. The number of likely N-dealkylation sites (tertiary alicyclic amines) is 1. The van der Waals surface area contributed by atoms with E-state index in [2.05, 4.69) is 0 Å². The number of nitrogens with zero attached hydrogens (tertiary/aromatic N) is 1. The molecule has 0 aliphatic carbocycles. The molecule has 0 amide bonds. The molecule has 3 heteroatoms. The van der Waals surface area contributed by atoms with Gasteiger partial charge in [-0.15, -0.1) is 0 Å². The van der Waals surface area contributed by atoms with Gasteiger partial charge in [0.05, 0.1) is 6.10 Å².